The topological polar surface area (TPSA) is 126 Å². The number of halogens is 3. The third-order valence-electron chi connectivity index (χ3n) is 7.37. The van der Waals surface area contributed by atoms with E-state index in [1.54, 1.807) is 56.7 Å². The molecule has 13 heteroatoms. The molecule has 4 aromatic rings. The number of ether oxygens (including phenoxy) is 1. The molecule has 1 saturated heterocycles. The van der Waals surface area contributed by atoms with Gasteiger partial charge in [0.25, 0.3) is 0 Å². The van der Waals surface area contributed by atoms with Crippen molar-refractivity contribution in [1.82, 2.24) is 20.1 Å². The molecule has 0 bridgehead atoms. The Hall–Kier alpha value is -4.23. The van der Waals surface area contributed by atoms with E-state index < -0.39 is 11.9 Å². The molecule has 5 rings (SSSR count). The lowest BCUT2D eigenvalue weighted by atomic mass is 9.97. The lowest BCUT2D eigenvalue weighted by Crippen LogP contribution is -2.29. The molecule has 1 unspecified atom stereocenters. The van der Waals surface area contributed by atoms with Gasteiger partial charge in [0.15, 0.2) is 0 Å². The fraction of sp³-hybridized carbons (Fsp3) is 0.300. The van der Waals surface area contributed by atoms with Gasteiger partial charge in [0.05, 0.1) is 34.9 Å². The number of anilines is 3. The van der Waals surface area contributed by atoms with E-state index in [-0.39, 0.29) is 35.0 Å². The van der Waals surface area contributed by atoms with Gasteiger partial charge in [0.1, 0.15) is 23.5 Å². The number of nitrogens with two attached hydrogens (primary N) is 1. The fourth-order valence-corrected chi connectivity index (χ4v) is 5.49. The van der Waals surface area contributed by atoms with E-state index in [9.17, 15) is 13.2 Å². The third-order valence-corrected chi connectivity index (χ3v) is 7.89. The van der Waals surface area contributed by atoms with Gasteiger partial charge in [0.2, 0.25) is 0 Å². The lowest BCUT2D eigenvalue weighted by Gasteiger charge is -2.22. The van der Waals surface area contributed by atoms with Crippen LogP contribution in [0.2, 0.25) is 0 Å². The number of piperidine rings is 1. The summed E-state index contributed by atoms with van der Waals surface area (Å²) in [5, 5.41) is 20.3. The van der Waals surface area contributed by atoms with Gasteiger partial charge >= 0.3 is 5.76 Å². The zero-order chi connectivity index (χ0) is 30.5. The van der Waals surface area contributed by atoms with Crippen LogP contribution in [0.5, 0.6) is 5.75 Å². The third kappa shape index (κ3) is 6.89. The first-order chi connectivity index (χ1) is 20.7. The molecule has 0 aliphatic carbocycles. The molecule has 226 valence electrons. The Morgan fingerprint density at radius 1 is 1.16 bits per heavy atom. The number of hydrogen-bond acceptors (Lipinski definition) is 9. The maximum atomic E-state index is 13.5. The summed E-state index contributed by atoms with van der Waals surface area (Å²) in [7, 11) is 1.75. The van der Waals surface area contributed by atoms with Crippen LogP contribution in [0.3, 0.4) is 0 Å². The molecule has 0 amide bonds. The van der Waals surface area contributed by atoms with Crippen molar-refractivity contribution < 1.29 is 17.9 Å². The van der Waals surface area contributed by atoms with Crippen molar-refractivity contribution in [3.05, 3.63) is 83.6 Å². The summed E-state index contributed by atoms with van der Waals surface area (Å²) in [6.07, 6.45) is 6.87. The molecular weight excluding hydrogens is 577 g/mol. The highest BCUT2D eigenvalue weighted by Gasteiger charge is 2.23. The van der Waals surface area contributed by atoms with E-state index in [4.69, 9.17) is 15.9 Å². The van der Waals surface area contributed by atoms with Gasteiger partial charge in [-0.05, 0) is 62.7 Å². The summed E-state index contributed by atoms with van der Waals surface area (Å²) in [6.45, 7) is 3.65. The van der Waals surface area contributed by atoms with Gasteiger partial charge in [-0.25, -0.2) is 9.37 Å². The van der Waals surface area contributed by atoms with Crippen LogP contribution in [-0.2, 0) is 0 Å². The van der Waals surface area contributed by atoms with Gasteiger partial charge in [-0.15, -0.1) is 0 Å². The highest BCUT2D eigenvalue weighted by molar-refractivity contribution is 8.00. The van der Waals surface area contributed by atoms with Crippen LogP contribution in [0.1, 0.15) is 48.6 Å². The zero-order valence-electron chi connectivity index (χ0n) is 23.7. The quantitative estimate of drug-likeness (QED) is 0.0967. The van der Waals surface area contributed by atoms with Crippen molar-refractivity contribution in [2.45, 2.75) is 37.7 Å². The summed E-state index contributed by atoms with van der Waals surface area (Å²) in [4.78, 5) is 4.41. The summed E-state index contributed by atoms with van der Waals surface area (Å²) in [5.41, 5.74) is 10.4. The van der Waals surface area contributed by atoms with Gasteiger partial charge in [-0.3, -0.25) is 10.1 Å². The minimum absolute atomic E-state index is 0.0642. The minimum atomic E-state index is -2.66. The second kappa shape index (κ2) is 13.4. The molecular formula is C30H33F3N8OS. The van der Waals surface area contributed by atoms with Crippen molar-refractivity contribution in [2.75, 3.05) is 35.9 Å². The number of hydrogen-bond donors (Lipinski definition) is 5. The number of rotatable bonds is 11. The normalized spacial score (nSPS) is 14.5. The maximum Gasteiger partial charge on any atom is 0.302 e. The molecule has 9 nitrogen and oxygen atoms in total. The van der Waals surface area contributed by atoms with E-state index in [1.165, 1.54) is 12.1 Å². The van der Waals surface area contributed by atoms with Crippen molar-refractivity contribution in [2.24, 2.45) is 0 Å². The second-order valence-electron chi connectivity index (χ2n) is 10.1. The van der Waals surface area contributed by atoms with Crippen LogP contribution in [0, 0.1) is 11.2 Å². The Morgan fingerprint density at radius 2 is 1.91 bits per heavy atom. The number of benzene rings is 2. The molecule has 1 aliphatic heterocycles. The van der Waals surface area contributed by atoms with Gasteiger partial charge < -0.3 is 25.8 Å². The second-order valence-corrected chi connectivity index (χ2v) is 10.9. The van der Waals surface area contributed by atoms with Gasteiger partial charge in [-0.1, -0.05) is 18.2 Å². The van der Waals surface area contributed by atoms with Gasteiger partial charge in [-0.2, -0.15) is 13.9 Å². The van der Waals surface area contributed by atoms with Crippen molar-refractivity contribution in [3.63, 3.8) is 0 Å². The number of alkyl halides is 2. The first-order valence-corrected chi connectivity index (χ1v) is 14.7. The highest BCUT2D eigenvalue weighted by atomic mass is 32.2. The van der Waals surface area contributed by atoms with Crippen LogP contribution < -0.4 is 25.8 Å². The summed E-state index contributed by atoms with van der Waals surface area (Å²) >= 11 is 0.236. The standard InChI is InChI=1S/C30H33F3N8OS/c1-17(18-3-6-21(31)7-4-18)42-25-13-19(5-8-24(25)40-43-30(32)33)27(34)26-28(36-2)23(15-38-29(26)35)20-14-39-41(16-20)22-9-11-37-12-10-22/h3-8,13-17,22,30,34,37,40H,9-12H2,1-2H3,(H3,35,36,38). The average molecular weight is 611 g/mol. The molecule has 6 N–H and O–H groups in total. The zero-order valence-corrected chi connectivity index (χ0v) is 24.5. The Morgan fingerprint density at radius 3 is 2.60 bits per heavy atom. The van der Waals surface area contributed by atoms with Crippen molar-refractivity contribution >= 4 is 34.9 Å². The van der Waals surface area contributed by atoms with Crippen LogP contribution in [0.15, 0.2) is 61.1 Å². The van der Waals surface area contributed by atoms with E-state index in [2.05, 4.69) is 25.4 Å². The predicted octanol–water partition coefficient (Wildman–Crippen LogP) is 6.47. The summed E-state index contributed by atoms with van der Waals surface area (Å²) in [5.74, 6) is -2.65. The molecule has 0 radical (unpaired) electrons. The number of aromatic nitrogens is 3. The number of nitrogen functional groups attached to an aromatic ring is 1. The molecule has 2 aromatic heterocycles. The molecule has 3 heterocycles. The fourth-order valence-electron chi connectivity index (χ4n) is 5.11. The molecule has 0 spiro atoms. The first kappa shape index (κ1) is 30.2. The Bertz CT molecular complexity index is 1570. The highest BCUT2D eigenvalue weighted by Crippen LogP contribution is 2.38. The first-order valence-electron chi connectivity index (χ1n) is 13.8. The SMILES string of the molecule is CNc1c(-c2cnn(C3CCNCC3)c2)cnc(N)c1C(=N)c1ccc(NSC(F)F)c(OC(C)c2ccc(F)cc2)c1. The average Bonchev–Trinajstić information content (AvgIpc) is 3.50. The smallest absolute Gasteiger partial charge is 0.302 e. The molecule has 2 aromatic carbocycles. The summed E-state index contributed by atoms with van der Waals surface area (Å²) in [6, 6.07) is 10.9. The number of nitrogens with zero attached hydrogens (tertiary/aromatic N) is 3. The molecule has 1 fully saturated rings. The number of pyridine rings is 1. The predicted molar refractivity (Wildman–Crippen MR) is 166 cm³/mol. The molecule has 1 atom stereocenters. The molecule has 0 saturated carbocycles. The van der Waals surface area contributed by atoms with E-state index >= 15 is 0 Å². The van der Waals surface area contributed by atoms with Crippen LogP contribution in [0.25, 0.3) is 11.1 Å². The van der Waals surface area contributed by atoms with Crippen molar-refractivity contribution in [1.29, 1.82) is 5.41 Å². The number of nitrogens with one attached hydrogen (secondary N) is 4. The lowest BCUT2D eigenvalue weighted by molar-refractivity contribution is 0.228. The van der Waals surface area contributed by atoms with Crippen LogP contribution in [0.4, 0.5) is 30.4 Å². The van der Waals surface area contributed by atoms with Crippen LogP contribution >= 0.6 is 11.9 Å². The minimum Gasteiger partial charge on any atom is -0.484 e. The maximum absolute atomic E-state index is 13.5. The van der Waals surface area contributed by atoms with E-state index in [0.29, 0.717) is 34.1 Å². The van der Waals surface area contributed by atoms with E-state index in [1.807, 2.05) is 10.9 Å². The Balaban J connectivity index is 1.49. The monoisotopic (exact) mass is 610 g/mol. The van der Waals surface area contributed by atoms with Gasteiger partial charge in [0, 0.05) is 48.1 Å². The largest absolute Gasteiger partial charge is 0.484 e. The van der Waals surface area contributed by atoms with Crippen molar-refractivity contribution in [3.8, 4) is 16.9 Å². The van der Waals surface area contributed by atoms with E-state index in [0.717, 1.165) is 37.1 Å². The Labute approximate surface area is 252 Å². The van der Waals surface area contributed by atoms with Crippen LogP contribution in [-0.4, -0.2) is 46.4 Å². The summed E-state index contributed by atoms with van der Waals surface area (Å²) < 4.78 is 50.2. The molecule has 43 heavy (non-hydrogen) atoms. The Kier molecular flexibility index (Phi) is 9.41. The molecule has 1 aliphatic rings.